The highest BCUT2D eigenvalue weighted by Gasteiger charge is 2.36. The molecule has 3 nitrogen and oxygen atoms in total. The third-order valence-electron chi connectivity index (χ3n) is 3.93. The first kappa shape index (κ1) is 12.2. The largest absolute Gasteiger partial charge is 0.497 e. The van der Waals surface area contributed by atoms with Crippen LogP contribution in [0.1, 0.15) is 19.3 Å². The molecule has 0 heterocycles. The lowest BCUT2D eigenvalue weighted by atomic mass is 9.68. The molecule has 0 aromatic heterocycles. The van der Waals surface area contributed by atoms with Crippen molar-refractivity contribution in [2.75, 3.05) is 32.1 Å². The number of benzene rings is 1. The molecule has 1 aliphatic rings. The van der Waals surface area contributed by atoms with Gasteiger partial charge in [-0.25, -0.2) is 0 Å². The third kappa shape index (κ3) is 2.55. The summed E-state index contributed by atoms with van der Waals surface area (Å²) in [4.78, 5) is 2.30. The van der Waals surface area contributed by atoms with Crippen LogP contribution in [-0.2, 0) is 0 Å². The lowest BCUT2D eigenvalue weighted by Gasteiger charge is -2.44. The predicted octanol–water partition coefficient (Wildman–Crippen LogP) is 2.26. The van der Waals surface area contributed by atoms with Gasteiger partial charge in [0.1, 0.15) is 5.75 Å². The third-order valence-corrected chi connectivity index (χ3v) is 3.93. The monoisotopic (exact) mass is 234 g/mol. The van der Waals surface area contributed by atoms with Crippen LogP contribution in [0.5, 0.6) is 5.75 Å². The molecule has 1 fully saturated rings. The Morgan fingerprint density at radius 3 is 2.35 bits per heavy atom. The number of anilines is 1. The Morgan fingerprint density at radius 2 is 1.94 bits per heavy atom. The smallest absolute Gasteiger partial charge is 0.119 e. The molecule has 0 amide bonds. The van der Waals surface area contributed by atoms with Crippen molar-refractivity contribution in [2.45, 2.75) is 19.3 Å². The second-order valence-electron chi connectivity index (χ2n) is 5.11. The highest BCUT2D eigenvalue weighted by atomic mass is 16.5. The van der Waals surface area contributed by atoms with Crippen LogP contribution >= 0.6 is 0 Å². The van der Waals surface area contributed by atoms with Gasteiger partial charge in [0.2, 0.25) is 0 Å². The summed E-state index contributed by atoms with van der Waals surface area (Å²) in [7, 11) is 3.83. The predicted molar refractivity (Wildman–Crippen MR) is 71.6 cm³/mol. The van der Waals surface area contributed by atoms with E-state index in [-0.39, 0.29) is 0 Å². The molecule has 0 aliphatic heterocycles. The van der Waals surface area contributed by atoms with Crippen LogP contribution in [0.3, 0.4) is 0 Å². The second kappa shape index (κ2) is 4.96. The minimum atomic E-state index is 0.356. The molecule has 2 rings (SSSR count). The van der Waals surface area contributed by atoms with Crippen LogP contribution in [0, 0.1) is 5.41 Å². The molecule has 3 heteroatoms. The van der Waals surface area contributed by atoms with Crippen LogP contribution < -0.4 is 15.4 Å². The normalized spacial score (nSPS) is 17.4. The molecule has 17 heavy (non-hydrogen) atoms. The van der Waals surface area contributed by atoms with Gasteiger partial charge >= 0.3 is 0 Å². The van der Waals surface area contributed by atoms with Crippen molar-refractivity contribution in [1.82, 2.24) is 0 Å². The van der Waals surface area contributed by atoms with Crippen LogP contribution in [0.4, 0.5) is 5.69 Å². The van der Waals surface area contributed by atoms with E-state index in [0.29, 0.717) is 5.41 Å². The summed E-state index contributed by atoms with van der Waals surface area (Å²) in [5.74, 6) is 0.902. The summed E-state index contributed by atoms with van der Waals surface area (Å²) in [6, 6.07) is 8.20. The first-order valence-electron chi connectivity index (χ1n) is 6.24. The fraction of sp³-hybridized carbons (Fsp3) is 0.571. The Kier molecular flexibility index (Phi) is 3.57. The summed E-state index contributed by atoms with van der Waals surface area (Å²) in [5.41, 5.74) is 7.48. The fourth-order valence-corrected chi connectivity index (χ4v) is 2.53. The van der Waals surface area contributed by atoms with E-state index >= 15 is 0 Å². The first-order valence-corrected chi connectivity index (χ1v) is 6.24. The Labute approximate surface area is 104 Å². The van der Waals surface area contributed by atoms with Crippen LogP contribution in [0.25, 0.3) is 0 Å². The summed E-state index contributed by atoms with van der Waals surface area (Å²) in [6.45, 7) is 1.85. The maximum Gasteiger partial charge on any atom is 0.119 e. The molecule has 0 radical (unpaired) electrons. The highest BCUT2D eigenvalue weighted by Crippen LogP contribution is 2.41. The SMILES string of the molecule is COc1ccc(N(C)CC2(CN)CCC2)cc1. The van der Waals surface area contributed by atoms with E-state index in [1.165, 1.54) is 24.9 Å². The lowest BCUT2D eigenvalue weighted by molar-refractivity contribution is 0.154. The molecule has 94 valence electrons. The fourth-order valence-electron chi connectivity index (χ4n) is 2.53. The van der Waals surface area contributed by atoms with E-state index in [4.69, 9.17) is 10.5 Å². The van der Waals surface area contributed by atoms with Gasteiger partial charge in [0.05, 0.1) is 7.11 Å². The van der Waals surface area contributed by atoms with Gasteiger partial charge in [0.15, 0.2) is 0 Å². The Hall–Kier alpha value is -1.22. The van der Waals surface area contributed by atoms with E-state index in [9.17, 15) is 0 Å². The standard InChI is InChI=1S/C14H22N2O/c1-16(11-14(10-15)8-3-9-14)12-4-6-13(17-2)7-5-12/h4-7H,3,8-11,15H2,1-2H3. The van der Waals surface area contributed by atoms with E-state index in [0.717, 1.165) is 18.8 Å². The average molecular weight is 234 g/mol. The molecule has 0 atom stereocenters. The van der Waals surface area contributed by atoms with Gasteiger partial charge in [-0.05, 0) is 43.7 Å². The Balaban J connectivity index is 2.01. The summed E-state index contributed by atoms with van der Waals surface area (Å²) in [5, 5.41) is 0. The molecule has 0 saturated heterocycles. The van der Waals surface area contributed by atoms with Gasteiger partial charge in [-0.2, -0.15) is 0 Å². The zero-order valence-electron chi connectivity index (χ0n) is 10.8. The number of nitrogens with two attached hydrogens (primary N) is 1. The van der Waals surface area contributed by atoms with Crippen molar-refractivity contribution in [3.05, 3.63) is 24.3 Å². The molecule has 1 aromatic rings. The number of methoxy groups -OCH3 is 1. The molecule has 0 spiro atoms. The van der Waals surface area contributed by atoms with E-state index in [1.54, 1.807) is 7.11 Å². The first-order chi connectivity index (χ1) is 8.19. The van der Waals surface area contributed by atoms with Crippen LogP contribution in [0.2, 0.25) is 0 Å². The Bertz CT molecular complexity index is 351. The molecular weight excluding hydrogens is 212 g/mol. The average Bonchev–Trinajstić information content (AvgIpc) is 2.33. The molecule has 0 bridgehead atoms. The van der Waals surface area contributed by atoms with Crippen molar-refractivity contribution < 1.29 is 4.74 Å². The molecule has 1 aromatic carbocycles. The summed E-state index contributed by atoms with van der Waals surface area (Å²) < 4.78 is 5.16. The number of hydrogen-bond acceptors (Lipinski definition) is 3. The molecule has 1 aliphatic carbocycles. The van der Waals surface area contributed by atoms with Gasteiger partial charge in [-0.15, -0.1) is 0 Å². The van der Waals surface area contributed by atoms with Gasteiger partial charge in [0, 0.05) is 24.7 Å². The minimum absolute atomic E-state index is 0.356. The van der Waals surface area contributed by atoms with Gasteiger partial charge in [-0.3, -0.25) is 0 Å². The van der Waals surface area contributed by atoms with E-state index in [2.05, 4.69) is 24.1 Å². The van der Waals surface area contributed by atoms with Crippen molar-refractivity contribution in [3.63, 3.8) is 0 Å². The quantitative estimate of drug-likeness (QED) is 0.849. The number of nitrogens with zero attached hydrogens (tertiary/aromatic N) is 1. The second-order valence-corrected chi connectivity index (χ2v) is 5.11. The van der Waals surface area contributed by atoms with Gasteiger partial charge in [0.25, 0.3) is 0 Å². The summed E-state index contributed by atoms with van der Waals surface area (Å²) in [6.07, 6.45) is 3.86. The van der Waals surface area contributed by atoms with Crippen molar-refractivity contribution in [1.29, 1.82) is 0 Å². The van der Waals surface area contributed by atoms with E-state index < -0.39 is 0 Å². The topological polar surface area (TPSA) is 38.5 Å². The van der Waals surface area contributed by atoms with Crippen molar-refractivity contribution in [2.24, 2.45) is 11.1 Å². The van der Waals surface area contributed by atoms with Crippen molar-refractivity contribution >= 4 is 5.69 Å². The lowest BCUT2D eigenvalue weighted by Crippen LogP contribution is -2.46. The zero-order chi connectivity index (χ0) is 12.3. The van der Waals surface area contributed by atoms with Crippen LogP contribution in [0.15, 0.2) is 24.3 Å². The molecule has 0 unspecified atom stereocenters. The molecule has 1 saturated carbocycles. The minimum Gasteiger partial charge on any atom is -0.497 e. The van der Waals surface area contributed by atoms with Crippen LogP contribution in [-0.4, -0.2) is 27.2 Å². The zero-order valence-corrected chi connectivity index (χ0v) is 10.8. The van der Waals surface area contributed by atoms with Gasteiger partial charge < -0.3 is 15.4 Å². The Morgan fingerprint density at radius 1 is 1.29 bits per heavy atom. The van der Waals surface area contributed by atoms with Gasteiger partial charge in [-0.1, -0.05) is 6.42 Å². The molecular formula is C14H22N2O. The number of rotatable bonds is 5. The maximum absolute atomic E-state index is 5.89. The van der Waals surface area contributed by atoms with Crippen molar-refractivity contribution in [3.8, 4) is 5.75 Å². The summed E-state index contributed by atoms with van der Waals surface area (Å²) >= 11 is 0. The number of hydrogen-bond donors (Lipinski definition) is 1. The maximum atomic E-state index is 5.89. The molecule has 2 N–H and O–H groups in total. The van der Waals surface area contributed by atoms with E-state index in [1.807, 2.05) is 12.1 Å². The highest BCUT2D eigenvalue weighted by molar-refractivity contribution is 5.48. The number of ether oxygens (including phenoxy) is 1.